The molecular formula is C17H14O4S. The molecule has 5 heteroatoms. The lowest BCUT2D eigenvalue weighted by Crippen LogP contribution is -1.98. The molecule has 0 aromatic heterocycles. The molecule has 0 aliphatic rings. The van der Waals surface area contributed by atoms with Crippen LogP contribution in [-0.4, -0.2) is 18.1 Å². The van der Waals surface area contributed by atoms with Crippen molar-refractivity contribution in [2.24, 2.45) is 0 Å². The maximum Gasteiger partial charge on any atom is 0.294 e. The highest BCUT2D eigenvalue weighted by molar-refractivity contribution is 7.85. The monoisotopic (exact) mass is 314 g/mol. The van der Waals surface area contributed by atoms with Gasteiger partial charge in [0.2, 0.25) is 0 Å². The van der Waals surface area contributed by atoms with Crippen LogP contribution in [0.25, 0.3) is 10.8 Å². The number of benzene rings is 3. The first-order valence-electron chi connectivity index (χ1n) is 6.70. The summed E-state index contributed by atoms with van der Waals surface area (Å²) in [5.74, 6) is -0.167. The summed E-state index contributed by atoms with van der Waals surface area (Å²) < 4.78 is 31.4. The Kier molecular flexibility index (Phi) is 3.60. The maximum absolute atomic E-state index is 11.2. The summed E-state index contributed by atoms with van der Waals surface area (Å²) in [6.07, 6.45) is 0.719. The van der Waals surface area contributed by atoms with E-state index in [9.17, 15) is 13.5 Å². The highest BCUT2D eigenvalue weighted by Crippen LogP contribution is 2.30. The van der Waals surface area contributed by atoms with E-state index >= 15 is 0 Å². The van der Waals surface area contributed by atoms with Gasteiger partial charge in [-0.15, -0.1) is 0 Å². The fourth-order valence-electron chi connectivity index (χ4n) is 2.45. The minimum absolute atomic E-state index is 0.167. The highest BCUT2D eigenvalue weighted by Gasteiger charge is 2.13. The molecule has 0 saturated carbocycles. The molecule has 112 valence electrons. The van der Waals surface area contributed by atoms with E-state index in [0.29, 0.717) is 10.8 Å². The third kappa shape index (κ3) is 2.95. The first-order chi connectivity index (χ1) is 10.4. The van der Waals surface area contributed by atoms with E-state index in [2.05, 4.69) is 0 Å². The Balaban J connectivity index is 2.06. The molecule has 0 spiro atoms. The third-order valence-corrected chi connectivity index (χ3v) is 4.35. The van der Waals surface area contributed by atoms with Gasteiger partial charge in [-0.3, -0.25) is 4.55 Å². The van der Waals surface area contributed by atoms with E-state index in [1.54, 1.807) is 6.07 Å². The summed E-state index contributed by atoms with van der Waals surface area (Å²) in [5, 5.41) is 11.1. The second-order valence-corrected chi connectivity index (χ2v) is 6.56. The van der Waals surface area contributed by atoms with E-state index in [1.165, 1.54) is 6.07 Å². The van der Waals surface area contributed by atoms with Crippen molar-refractivity contribution >= 4 is 20.9 Å². The molecule has 3 rings (SSSR count). The van der Waals surface area contributed by atoms with Gasteiger partial charge in [-0.1, -0.05) is 42.5 Å². The maximum atomic E-state index is 11.2. The number of hydrogen-bond donors (Lipinski definition) is 2. The molecule has 3 aromatic carbocycles. The number of hydrogen-bond acceptors (Lipinski definition) is 3. The van der Waals surface area contributed by atoms with Gasteiger partial charge in [0.05, 0.1) is 4.90 Å². The lowest BCUT2D eigenvalue weighted by molar-refractivity contribution is 0.471. The molecule has 0 heterocycles. The van der Waals surface area contributed by atoms with Gasteiger partial charge in [-0.2, -0.15) is 8.42 Å². The molecule has 3 aromatic rings. The van der Waals surface area contributed by atoms with Crippen molar-refractivity contribution in [1.29, 1.82) is 0 Å². The summed E-state index contributed by atoms with van der Waals surface area (Å²) >= 11 is 0. The zero-order valence-corrected chi connectivity index (χ0v) is 12.4. The van der Waals surface area contributed by atoms with Crippen LogP contribution in [0.1, 0.15) is 11.1 Å². The molecule has 0 radical (unpaired) electrons. The molecular weight excluding hydrogens is 300 g/mol. The van der Waals surface area contributed by atoms with Gasteiger partial charge in [0.15, 0.2) is 0 Å². The lowest BCUT2D eigenvalue weighted by Gasteiger charge is -2.07. The second-order valence-electron chi connectivity index (χ2n) is 5.14. The van der Waals surface area contributed by atoms with Crippen LogP contribution in [0.5, 0.6) is 5.75 Å². The average molecular weight is 314 g/mol. The van der Waals surface area contributed by atoms with Crippen LogP contribution in [0.2, 0.25) is 0 Å². The van der Waals surface area contributed by atoms with E-state index in [4.69, 9.17) is 4.55 Å². The molecule has 4 nitrogen and oxygen atoms in total. The Morgan fingerprint density at radius 2 is 1.59 bits per heavy atom. The van der Waals surface area contributed by atoms with Crippen LogP contribution in [0.4, 0.5) is 0 Å². The zero-order valence-electron chi connectivity index (χ0n) is 11.6. The minimum atomic E-state index is -4.34. The van der Waals surface area contributed by atoms with Crippen LogP contribution < -0.4 is 0 Å². The first kappa shape index (κ1) is 14.6. The van der Waals surface area contributed by atoms with Gasteiger partial charge in [0.1, 0.15) is 5.75 Å². The Morgan fingerprint density at radius 3 is 2.27 bits per heavy atom. The smallest absolute Gasteiger partial charge is 0.294 e. The minimum Gasteiger partial charge on any atom is -0.507 e. The van der Waals surface area contributed by atoms with Crippen molar-refractivity contribution in [1.82, 2.24) is 0 Å². The largest absolute Gasteiger partial charge is 0.507 e. The van der Waals surface area contributed by atoms with Crippen molar-refractivity contribution in [3.8, 4) is 5.75 Å². The summed E-state index contributed by atoms with van der Waals surface area (Å²) in [7, 11) is -4.34. The van der Waals surface area contributed by atoms with Crippen molar-refractivity contribution in [3.63, 3.8) is 0 Å². The van der Waals surface area contributed by atoms with Crippen molar-refractivity contribution in [2.45, 2.75) is 11.3 Å². The van der Waals surface area contributed by atoms with Crippen molar-refractivity contribution in [3.05, 3.63) is 71.8 Å². The average Bonchev–Trinajstić information content (AvgIpc) is 2.48. The first-order valence-corrected chi connectivity index (χ1v) is 8.14. The number of rotatable bonds is 3. The highest BCUT2D eigenvalue weighted by atomic mass is 32.2. The van der Waals surface area contributed by atoms with Crippen molar-refractivity contribution in [2.75, 3.05) is 0 Å². The fraction of sp³-hybridized carbons (Fsp3) is 0.0588. The van der Waals surface area contributed by atoms with Gasteiger partial charge < -0.3 is 5.11 Å². The van der Waals surface area contributed by atoms with Crippen LogP contribution in [0, 0.1) is 0 Å². The predicted octanol–water partition coefficient (Wildman–Crippen LogP) is 3.38. The Labute approximate surface area is 128 Å². The Hall–Kier alpha value is -2.37. The molecule has 0 bridgehead atoms. The summed E-state index contributed by atoms with van der Waals surface area (Å²) in [6, 6.07) is 17.8. The summed E-state index contributed by atoms with van der Waals surface area (Å²) in [4.78, 5) is -0.312. The fourth-order valence-corrected chi connectivity index (χ4v) is 2.99. The van der Waals surface area contributed by atoms with Gasteiger partial charge in [0.25, 0.3) is 10.1 Å². The number of fused-ring (bicyclic) bond motifs is 1. The van der Waals surface area contributed by atoms with Crippen molar-refractivity contribution < 1.29 is 18.1 Å². The van der Waals surface area contributed by atoms with Crippen LogP contribution >= 0.6 is 0 Å². The molecule has 2 N–H and O–H groups in total. The molecule has 22 heavy (non-hydrogen) atoms. The predicted molar refractivity (Wildman–Crippen MR) is 84.7 cm³/mol. The lowest BCUT2D eigenvalue weighted by atomic mass is 10.0. The zero-order chi connectivity index (χ0) is 15.7. The summed E-state index contributed by atoms with van der Waals surface area (Å²) in [6.45, 7) is 0. The van der Waals surface area contributed by atoms with Crippen LogP contribution in [0.3, 0.4) is 0 Å². The molecule has 0 aliphatic carbocycles. The Morgan fingerprint density at radius 1 is 0.864 bits per heavy atom. The molecule has 0 unspecified atom stereocenters. The third-order valence-electron chi connectivity index (χ3n) is 3.52. The number of phenolic OH excluding ortho intramolecular Hbond substituents is 1. The SMILES string of the molecule is O=S(=O)(O)c1cc(O)c2cc(Cc3ccccc3)ccc2c1. The topological polar surface area (TPSA) is 74.6 Å². The quantitative estimate of drug-likeness (QED) is 0.727. The van der Waals surface area contributed by atoms with Gasteiger partial charge >= 0.3 is 0 Å². The molecule has 0 fully saturated rings. The molecule has 0 aliphatic heterocycles. The molecule has 0 saturated heterocycles. The normalized spacial score (nSPS) is 11.7. The Bertz CT molecular complexity index is 932. The second kappa shape index (κ2) is 5.44. The van der Waals surface area contributed by atoms with E-state index in [0.717, 1.165) is 23.6 Å². The molecule has 0 amide bonds. The van der Waals surface area contributed by atoms with E-state index in [1.807, 2.05) is 42.5 Å². The van der Waals surface area contributed by atoms with Crippen LogP contribution in [-0.2, 0) is 16.5 Å². The molecule has 0 atom stereocenters. The van der Waals surface area contributed by atoms with Crippen LogP contribution in [0.15, 0.2) is 65.6 Å². The van der Waals surface area contributed by atoms with E-state index in [-0.39, 0.29) is 10.6 Å². The van der Waals surface area contributed by atoms with Gasteiger partial charge in [-0.25, -0.2) is 0 Å². The summed E-state index contributed by atoms with van der Waals surface area (Å²) in [5.41, 5.74) is 2.16. The van der Waals surface area contributed by atoms with Gasteiger partial charge in [0, 0.05) is 11.5 Å². The van der Waals surface area contributed by atoms with E-state index < -0.39 is 10.1 Å². The number of aromatic hydroxyl groups is 1. The number of phenols is 1. The van der Waals surface area contributed by atoms with Gasteiger partial charge in [-0.05, 0) is 35.1 Å². The standard InChI is InChI=1S/C17H14O4S/c18-17-11-15(22(19,20)21)10-14-7-6-13(9-16(14)17)8-12-4-2-1-3-5-12/h1-7,9-11,18H,8H2,(H,19,20,21).